The Balaban J connectivity index is 1.63. The van der Waals surface area contributed by atoms with Gasteiger partial charge in [0.25, 0.3) is 5.91 Å². The Morgan fingerprint density at radius 1 is 1.07 bits per heavy atom. The van der Waals surface area contributed by atoms with Crippen molar-refractivity contribution in [2.45, 2.75) is 18.6 Å². The van der Waals surface area contributed by atoms with Crippen LogP contribution in [0.4, 0.5) is 4.39 Å². The van der Waals surface area contributed by atoms with Crippen molar-refractivity contribution < 1.29 is 33.3 Å². The van der Waals surface area contributed by atoms with E-state index in [-0.39, 0.29) is 18.2 Å². The third kappa shape index (κ3) is 4.65. The van der Waals surface area contributed by atoms with E-state index in [9.17, 15) is 19.1 Å². The number of aliphatic hydroxyl groups excluding tert-OH is 1. The lowest BCUT2D eigenvalue weighted by Crippen LogP contribution is -2.51. The number of β-amino-alcohol motifs (C(OH)–C–C–N with tert-alkyl or cyclic N) is 1. The van der Waals surface area contributed by atoms with E-state index < -0.39 is 24.0 Å². The van der Waals surface area contributed by atoms with Crippen LogP contribution < -0.4 is 9.47 Å². The van der Waals surface area contributed by atoms with Crippen LogP contribution in [0.15, 0.2) is 42.5 Å². The molecule has 1 aliphatic rings. The van der Waals surface area contributed by atoms with Crippen molar-refractivity contribution >= 4 is 11.9 Å². The minimum absolute atomic E-state index is 0.0891. The Morgan fingerprint density at radius 2 is 1.76 bits per heavy atom. The normalized spacial score (nSPS) is 18.8. The number of benzene rings is 2. The minimum Gasteiger partial charge on any atom is -0.493 e. The van der Waals surface area contributed by atoms with Crippen LogP contribution in [0.3, 0.4) is 0 Å². The molecule has 2 aromatic rings. The molecule has 0 aliphatic carbocycles. The summed E-state index contributed by atoms with van der Waals surface area (Å²) in [6, 6.07) is 10.0. The number of hydrogen-bond acceptors (Lipinski definition) is 6. The summed E-state index contributed by atoms with van der Waals surface area (Å²) in [6.07, 6.45) is -1.08. The Kier molecular flexibility index (Phi) is 6.33. The van der Waals surface area contributed by atoms with Gasteiger partial charge in [0.05, 0.1) is 26.3 Å². The summed E-state index contributed by atoms with van der Waals surface area (Å²) >= 11 is 0. The van der Waals surface area contributed by atoms with Crippen LogP contribution >= 0.6 is 0 Å². The Labute approximate surface area is 167 Å². The number of hydrogen-bond donors (Lipinski definition) is 1. The smallest absolute Gasteiger partial charge is 0.337 e. The van der Waals surface area contributed by atoms with Crippen LogP contribution in [0, 0.1) is 5.82 Å². The number of halogens is 1. The Bertz CT molecular complexity index is 885. The van der Waals surface area contributed by atoms with Crippen molar-refractivity contribution in [3.05, 3.63) is 59.4 Å². The number of ether oxygens (including phenoxy) is 3. The average Bonchev–Trinajstić information content (AvgIpc) is 2.75. The molecule has 0 aromatic heterocycles. The molecule has 1 aliphatic heterocycles. The molecule has 1 saturated heterocycles. The second-order valence-electron chi connectivity index (χ2n) is 6.63. The zero-order chi connectivity index (χ0) is 21.0. The lowest BCUT2D eigenvalue weighted by atomic mass is 10.0. The highest BCUT2D eigenvalue weighted by atomic mass is 19.1. The van der Waals surface area contributed by atoms with Gasteiger partial charge in [0.2, 0.25) is 0 Å². The first-order valence-corrected chi connectivity index (χ1v) is 9.09. The number of carbonyl (C=O) groups excluding carboxylic acids is 2. The van der Waals surface area contributed by atoms with Crippen molar-refractivity contribution in [1.82, 2.24) is 4.90 Å². The molecule has 0 radical (unpaired) electrons. The van der Waals surface area contributed by atoms with E-state index in [1.54, 1.807) is 12.1 Å². The van der Waals surface area contributed by atoms with Gasteiger partial charge in [-0.15, -0.1) is 0 Å². The summed E-state index contributed by atoms with van der Waals surface area (Å²) in [4.78, 5) is 25.7. The number of esters is 1. The number of piperidine rings is 1. The zero-order valence-corrected chi connectivity index (χ0v) is 16.1. The van der Waals surface area contributed by atoms with Crippen molar-refractivity contribution in [3.8, 4) is 11.5 Å². The molecule has 1 amide bonds. The Hall–Kier alpha value is -3.13. The van der Waals surface area contributed by atoms with E-state index in [4.69, 9.17) is 9.47 Å². The molecule has 0 spiro atoms. The molecule has 1 heterocycles. The molecule has 1 fully saturated rings. The molecule has 29 heavy (non-hydrogen) atoms. The quantitative estimate of drug-likeness (QED) is 0.771. The highest BCUT2D eigenvalue weighted by molar-refractivity contribution is 5.96. The van der Waals surface area contributed by atoms with Crippen LogP contribution in [-0.4, -0.2) is 61.4 Å². The van der Waals surface area contributed by atoms with Crippen molar-refractivity contribution in [2.24, 2.45) is 0 Å². The van der Waals surface area contributed by atoms with Gasteiger partial charge in [-0.1, -0.05) is 0 Å². The number of carbonyl (C=O) groups is 2. The molecule has 7 nitrogen and oxygen atoms in total. The predicted molar refractivity (Wildman–Crippen MR) is 102 cm³/mol. The number of amides is 1. The van der Waals surface area contributed by atoms with Crippen molar-refractivity contribution in [1.29, 1.82) is 0 Å². The largest absolute Gasteiger partial charge is 0.493 e. The zero-order valence-electron chi connectivity index (χ0n) is 16.1. The monoisotopic (exact) mass is 403 g/mol. The molecule has 2 atom stereocenters. The molecule has 2 aromatic carbocycles. The second-order valence-corrected chi connectivity index (χ2v) is 6.63. The summed E-state index contributed by atoms with van der Waals surface area (Å²) in [5.74, 6) is -0.613. The van der Waals surface area contributed by atoms with Crippen LogP contribution in [0.1, 0.15) is 27.1 Å². The molecule has 1 N–H and O–H groups in total. The van der Waals surface area contributed by atoms with Gasteiger partial charge >= 0.3 is 5.97 Å². The van der Waals surface area contributed by atoms with Gasteiger partial charge in [0.15, 0.2) is 11.5 Å². The maximum Gasteiger partial charge on any atom is 0.337 e. The molecule has 0 bridgehead atoms. The first-order chi connectivity index (χ1) is 13.9. The van der Waals surface area contributed by atoms with Gasteiger partial charge in [0.1, 0.15) is 18.0 Å². The maximum atomic E-state index is 13.3. The van der Waals surface area contributed by atoms with E-state index in [0.29, 0.717) is 29.8 Å². The molecule has 3 rings (SSSR count). The van der Waals surface area contributed by atoms with Gasteiger partial charge in [-0.25, -0.2) is 9.18 Å². The first-order valence-electron chi connectivity index (χ1n) is 9.09. The molecule has 0 unspecified atom stereocenters. The number of methoxy groups -OCH3 is 2. The van der Waals surface area contributed by atoms with E-state index in [1.165, 1.54) is 49.5 Å². The average molecular weight is 403 g/mol. The fourth-order valence-corrected chi connectivity index (χ4v) is 3.18. The molecular formula is C21H22FNO6. The van der Waals surface area contributed by atoms with E-state index in [1.807, 2.05) is 0 Å². The summed E-state index contributed by atoms with van der Waals surface area (Å²) < 4.78 is 28.9. The fourth-order valence-electron chi connectivity index (χ4n) is 3.18. The van der Waals surface area contributed by atoms with Crippen LogP contribution in [-0.2, 0) is 4.74 Å². The molecule has 0 saturated carbocycles. The minimum atomic E-state index is -0.920. The van der Waals surface area contributed by atoms with Crippen LogP contribution in [0.2, 0.25) is 0 Å². The summed E-state index contributed by atoms with van der Waals surface area (Å²) in [7, 11) is 2.70. The topological polar surface area (TPSA) is 85.3 Å². The summed E-state index contributed by atoms with van der Waals surface area (Å²) in [6.45, 7) is 0.467. The van der Waals surface area contributed by atoms with Gasteiger partial charge in [-0.05, 0) is 36.4 Å². The number of rotatable bonds is 5. The second kappa shape index (κ2) is 8.91. The molecule has 8 heteroatoms. The number of nitrogens with zero attached hydrogens (tertiary/aromatic N) is 1. The van der Waals surface area contributed by atoms with Gasteiger partial charge in [-0.2, -0.15) is 0 Å². The SMILES string of the molecule is COC(=O)c1ccc(C(=O)N2CC[C@@H](Oc3ccc(F)cc3OC)[C@H](O)C2)cc1. The van der Waals surface area contributed by atoms with E-state index in [0.717, 1.165) is 0 Å². The van der Waals surface area contributed by atoms with Crippen LogP contribution in [0.25, 0.3) is 0 Å². The van der Waals surface area contributed by atoms with Crippen molar-refractivity contribution in [3.63, 3.8) is 0 Å². The van der Waals surface area contributed by atoms with E-state index in [2.05, 4.69) is 4.74 Å². The van der Waals surface area contributed by atoms with Gasteiger partial charge in [-0.3, -0.25) is 4.79 Å². The lowest BCUT2D eigenvalue weighted by Gasteiger charge is -2.36. The standard InChI is InChI=1S/C21H22FNO6/c1-27-19-11-15(22)7-8-18(19)29-17-9-10-23(12-16(17)24)20(25)13-3-5-14(6-4-13)21(26)28-2/h3-8,11,16-17,24H,9-10,12H2,1-2H3/t16-,17-/m1/s1. The fraction of sp³-hybridized carbons (Fsp3) is 0.333. The van der Waals surface area contributed by atoms with Gasteiger partial charge < -0.3 is 24.2 Å². The summed E-state index contributed by atoms with van der Waals surface area (Å²) in [5, 5.41) is 10.5. The van der Waals surface area contributed by atoms with E-state index >= 15 is 0 Å². The highest BCUT2D eigenvalue weighted by Crippen LogP contribution is 2.30. The summed E-state index contributed by atoms with van der Waals surface area (Å²) in [5.41, 5.74) is 0.758. The lowest BCUT2D eigenvalue weighted by molar-refractivity contribution is -0.0207. The van der Waals surface area contributed by atoms with Crippen molar-refractivity contribution in [2.75, 3.05) is 27.3 Å². The third-order valence-corrected chi connectivity index (χ3v) is 4.76. The maximum absolute atomic E-state index is 13.3. The first kappa shape index (κ1) is 20.6. The number of aliphatic hydroxyl groups is 1. The molecule has 154 valence electrons. The highest BCUT2D eigenvalue weighted by Gasteiger charge is 2.32. The third-order valence-electron chi connectivity index (χ3n) is 4.76. The predicted octanol–water partition coefficient (Wildman–Crippen LogP) is 2.28. The Morgan fingerprint density at radius 3 is 2.38 bits per heavy atom. The van der Waals surface area contributed by atoms with Gasteiger partial charge in [0, 0.05) is 24.6 Å². The molecular weight excluding hydrogens is 381 g/mol. The number of likely N-dealkylation sites (tertiary alicyclic amines) is 1. The van der Waals surface area contributed by atoms with Crippen LogP contribution in [0.5, 0.6) is 11.5 Å².